The zero-order chi connectivity index (χ0) is 16.3. The quantitative estimate of drug-likeness (QED) is 0.825. The van der Waals surface area contributed by atoms with Gasteiger partial charge in [-0.15, -0.1) is 0 Å². The van der Waals surface area contributed by atoms with Crippen molar-refractivity contribution in [2.45, 2.75) is 11.8 Å². The Bertz CT molecular complexity index is 788. The number of nitrogens with two attached hydrogens (primary N) is 1. The summed E-state index contributed by atoms with van der Waals surface area (Å²) < 4.78 is 38.0. The van der Waals surface area contributed by atoms with Crippen LogP contribution in [0.2, 0.25) is 0 Å². The number of benzene rings is 2. The van der Waals surface area contributed by atoms with Gasteiger partial charge in [0, 0.05) is 11.8 Å². The molecule has 0 aliphatic carbocycles. The summed E-state index contributed by atoms with van der Waals surface area (Å²) >= 11 is 0. The van der Waals surface area contributed by atoms with E-state index >= 15 is 0 Å². The van der Waals surface area contributed by atoms with Crippen LogP contribution in [-0.2, 0) is 10.0 Å². The van der Waals surface area contributed by atoms with Crippen molar-refractivity contribution in [1.29, 1.82) is 0 Å². The van der Waals surface area contributed by atoms with Crippen molar-refractivity contribution in [3.63, 3.8) is 0 Å². The van der Waals surface area contributed by atoms with Crippen LogP contribution < -0.4 is 19.9 Å². The molecule has 0 bridgehead atoms. The molecule has 22 heavy (non-hydrogen) atoms. The van der Waals surface area contributed by atoms with E-state index in [-0.39, 0.29) is 10.6 Å². The van der Waals surface area contributed by atoms with Crippen LogP contribution in [0.25, 0.3) is 0 Å². The van der Waals surface area contributed by atoms with Gasteiger partial charge < -0.3 is 15.2 Å². The number of nitrogen functional groups attached to an aromatic ring is 1. The van der Waals surface area contributed by atoms with Gasteiger partial charge in [-0.05, 0) is 36.8 Å². The van der Waals surface area contributed by atoms with E-state index in [4.69, 9.17) is 15.2 Å². The zero-order valence-corrected chi connectivity index (χ0v) is 13.4. The number of rotatable bonds is 5. The predicted octanol–water partition coefficient (Wildman–Crippen LogP) is 2.40. The number of aryl methyl sites for hydroxylation is 1. The van der Waals surface area contributed by atoms with Crippen LogP contribution in [0.1, 0.15) is 5.56 Å². The smallest absolute Gasteiger partial charge is 0.265 e. The summed E-state index contributed by atoms with van der Waals surface area (Å²) in [6.07, 6.45) is 0. The van der Waals surface area contributed by atoms with Gasteiger partial charge in [0.15, 0.2) is 0 Å². The summed E-state index contributed by atoms with van der Waals surface area (Å²) in [5, 5.41) is 0. The molecule has 6 nitrogen and oxygen atoms in total. The van der Waals surface area contributed by atoms with Crippen LogP contribution in [0.3, 0.4) is 0 Å². The van der Waals surface area contributed by atoms with Gasteiger partial charge in [-0.3, -0.25) is 4.72 Å². The van der Waals surface area contributed by atoms with E-state index in [2.05, 4.69) is 4.72 Å². The van der Waals surface area contributed by atoms with Crippen LogP contribution in [0, 0.1) is 6.92 Å². The maximum absolute atomic E-state index is 12.6. The molecule has 0 aliphatic rings. The second kappa shape index (κ2) is 6.15. The summed E-state index contributed by atoms with van der Waals surface area (Å²) in [5.74, 6) is 0.614. The van der Waals surface area contributed by atoms with Crippen LogP contribution in [-0.4, -0.2) is 22.6 Å². The SMILES string of the molecule is COc1cc(N)ccc1NS(=O)(=O)c1cc(C)ccc1OC. The molecule has 0 fully saturated rings. The first-order valence-electron chi connectivity index (χ1n) is 6.48. The molecule has 0 unspecified atom stereocenters. The summed E-state index contributed by atoms with van der Waals surface area (Å²) in [7, 11) is -0.951. The van der Waals surface area contributed by atoms with Gasteiger partial charge in [0.1, 0.15) is 16.4 Å². The molecular weight excluding hydrogens is 304 g/mol. The molecule has 2 rings (SSSR count). The zero-order valence-electron chi connectivity index (χ0n) is 12.6. The topological polar surface area (TPSA) is 90.6 Å². The van der Waals surface area contributed by atoms with Crippen LogP contribution in [0.5, 0.6) is 11.5 Å². The van der Waals surface area contributed by atoms with Crippen molar-refractivity contribution < 1.29 is 17.9 Å². The lowest BCUT2D eigenvalue weighted by molar-refractivity contribution is 0.402. The fourth-order valence-corrected chi connectivity index (χ4v) is 3.31. The molecule has 2 aromatic carbocycles. The van der Waals surface area contributed by atoms with Crippen molar-refractivity contribution >= 4 is 21.4 Å². The lowest BCUT2D eigenvalue weighted by atomic mass is 10.2. The van der Waals surface area contributed by atoms with Gasteiger partial charge in [-0.25, -0.2) is 8.42 Å². The van der Waals surface area contributed by atoms with E-state index in [0.29, 0.717) is 17.1 Å². The average Bonchev–Trinajstić information content (AvgIpc) is 2.48. The normalized spacial score (nSPS) is 11.0. The average molecular weight is 322 g/mol. The minimum absolute atomic E-state index is 0.0638. The fourth-order valence-electron chi connectivity index (χ4n) is 1.99. The number of methoxy groups -OCH3 is 2. The van der Waals surface area contributed by atoms with E-state index < -0.39 is 10.0 Å². The molecule has 0 atom stereocenters. The van der Waals surface area contributed by atoms with Gasteiger partial charge >= 0.3 is 0 Å². The highest BCUT2D eigenvalue weighted by molar-refractivity contribution is 7.92. The molecule has 7 heteroatoms. The van der Waals surface area contributed by atoms with E-state index in [1.165, 1.54) is 14.2 Å². The Morgan fingerprint density at radius 2 is 1.68 bits per heavy atom. The van der Waals surface area contributed by atoms with Crippen molar-refractivity contribution in [3.05, 3.63) is 42.0 Å². The molecule has 0 saturated carbocycles. The number of hydrogen-bond acceptors (Lipinski definition) is 5. The van der Waals surface area contributed by atoms with Gasteiger partial charge in [0.2, 0.25) is 0 Å². The molecule has 0 amide bonds. The molecule has 0 heterocycles. The molecule has 3 N–H and O–H groups in total. The number of anilines is 2. The molecule has 0 spiro atoms. The lowest BCUT2D eigenvalue weighted by Crippen LogP contribution is -2.15. The Kier molecular flexibility index (Phi) is 4.46. The lowest BCUT2D eigenvalue weighted by Gasteiger charge is -2.14. The molecule has 118 valence electrons. The van der Waals surface area contributed by atoms with Gasteiger partial charge in [0.25, 0.3) is 10.0 Å². The van der Waals surface area contributed by atoms with Crippen LogP contribution in [0.4, 0.5) is 11.4 Å². The predicted molar refractivity (Wildman–Crippen MR) is 85.9 cm³/mol. The Hall–Kier alpha value is -2.41. The molecular formula is C15H18N2O4S. The largest absolute Gasteiger partial charge is 0.495 e. The Labute approximate surface area is 129 Å². The third kappa shape index (κ3) is 3.25. The second-order valence-electron chi connectivity index (χ2n) is 4.72. The van der Waals surface area contributed by atoms with Crippen LogP contribution in [0.15, 0.2) is 41.3 Å². The molecule has 0 aromatic heterocycles. The number of ether oxygens (including phenoxy) is 2. The summed E-state index contributed by atoms with van der Waals surface area (Å²) in [4.78, 5) is 0.0638. The Balaban J connectivity index is 2.47. The maximum atomic E-state index is 12.6. The highest BCUT2D eigenvalue weighted by Crippen LogP contribution is 2.31. The molecule has 0 radical (unpaired) electrons. The van der Waals surface area contributed by atoms with Gasteiger partial charge in [-0.1, -0.05) is 6.07 Å². The Morgan fingerprint density at radius 1 is 1.00 bits per heavy atom. The van der Waals surface area contributed by atoms with Gasteiger partial charge in [0.05, 0.1) is 19.9 Å². The first-order chi connectivity index (χ1) is 10.4. The number of hydrogen-bond donors (Lipinski definition) is 2. The number of sulfonamides is 1. The molecule has 0 saturated heterocycles. The van der Waals surface area contributed by atoms with Crippen molar-refractivity contribution in [2.75, 3.05) is 24.7 Å². The third-order valence-electron chi connectivity index (χ3n) is 3.08. The number of nitrogens with one attached hydrogen (secondary N) is 1. The highest BCUT2D eigenvalue weighted by Gasteiger charge is 2.21. The second-order valence-corrected chi connectivity index (χ2v) is 6.37. The molecule has 2 aromatic rings. The van der Waals surface area contributed by atoms with Crippen LogP contribution >= 0.6 is 0 Å². The molecule has 0 aliphatic heterocycles. The van der Waals surface area contributed by atoms with E-state index in [1.807, 2.05) is 6.92 Å². The van der Waals surface area contributed by atoms with E-state index in [0.717, 1.165) is 5.56 Å². The standard InChI is InChI=1S/C15H18N2O4S/c1-10-4-7-13(20-2)15(8-10)22(18,19)17-12-6-5-11(16)9-14(12)21-3/h4-9,17H,16H2,1-3H3. The fraction of sp³-hybridized carbons (Fsp3) is 0.200. The van der Waals surface area contributed by atoms with Crippen molar-refractivity contribution in [3.8, 4) is 11.5 Å². The summed E-state index contributed by atoms with van der Waals surface area (Å²) in [5.41, 5.74) is 7.26. The first-order valence-corrected chi connectivity index (χ1v) is 7.96. The van der Waals surface area contributed by atoms with Gasteiger partial charge in [-0.2, -0.15) is 0 Å². The van der Waals surface area contributed by atoms with Crippen molar-refractivity contribution in [2.24, 2.45) is 0 Å². The minimum Gasteiger partial charge on any atom is -0.495 e. The minimum atomic E-state index is -3.82. The third-order valence-corrected chi connectivity index (χ3v) is 4.47. The highest BCUT2D eigenvalue weighted by atomic mass is 32.2. The summed E-state index contributed by atoms with van der Waals surface area (Å²) in [6, 6.07) is 9.63. The van der Waals surface area contributed by atoms with E-state index in [9.17, 15) is 8.42 Å². The summed E-state index contributed by atoms with van der Waals surface area (Å²) in [6.45, 7) is 1.81. The Morgan fingerprint density at radius 3 is 2.32 bits per heavy atom. The monoisotopic (exact) mass is 322 g/mol. The first kappa shape index (κ1) is 16.0. The van der Waals surface area contributed by atoms with E-state index in [1.54, 1.807) is 36.4 Å². The van der Waals surface area contributed by atoms with Crippen molar-refractivity contribution in [1.82, 2.24) is 0 Å². The maximum Gasteiger partial charge on any atom is 0.265 e.